The highest BCUT2D eigenvalue weighted by atomic mass is 127. The van der Waals surface area contributed by atoms with Gasteiger partial charge in [0.25, 0.3) is 10.0 Å². The van der Waals surface area contributed by atoms with Gasteiger partial charge >= 0.3 is 0 Å². The molecule has 0 amide bonds. The van der Waals surface area contributed by atoms with Gasteiger partial charge in [-0.1, -0.05) is 12.1 Å². The SMILES string of the molecule is Cc1ccn2cc(-c3ccc(NS(=O)(=O)c4ccc(I)cc4)cc3)nc2n1. The first-order chi connectivity index (χ1) is 12.9. The molecule has 136 valence electrons. The summed E-state index contributed by atoms with van der Waals surface area (Å²) >= 11 is 2.14. The summed E-state index contributed by atoms with van der Waals surface area (Å²) in [6, 6.07) is 15.7. The van der Waals surface area contributed by atoms with Gasteiger partial charge < -0.3 is 0 Å². The number of sulfonamides is 1. The minimum Gasteiger partial charge on any atom is -0.291 e. The second-order valence-corrected chi connectivity index (χ2v) is 8.97. The van der Waals surface area contributed by atoms with Crippen LogP contribution in [0.25, 0.3) is 17.0 Å². The number of hydrogen-bond acceptors (Lipinski definition) is 4. The molecular weight excluding hydrogens is 475 g/mol. The average Bonchev–Trinajstić information content (AvgIpc) is 3.05. The number of halogens is 1. The van der Waals surface area contributed by atoms with Gasteiger partial charge in [0, 0.05) is 32.9 Å². The fourth-order valence-electron chi connectivity index (χ4n) is 2.64. The highest BCUT2D eigenvalue weighted by Gasteiger charge is 2.14. The molecule has 0 radical (unpaired) electrons. The summed E-state index contributed by atoms with van der Waals surface area (Å²) < 4.78 is 30.4. The summed E-state index contributed by atoms with van der Waals surface area (Å²) in [5, 5.41) is 0. The van der Waals surface area contributed by atoms with Gasteiger partial charge in [0.2, 0.25) is 5.78 Å². The zero-order valence-corrected chi connectivity index (χ0v) is 17.3. The molecular formula is C19H15IN4O2S. The van der Waals surface area contributed by atoms with Crippen molar-refractivity contribution in [3.05, 3.63) is 76.3 Å². The van der Waals surface area contributed by atoms with Crippen molar-refractivity contribution in [3.63, 3.8) is 0 Å². The van der Waals surface area contributed by atoms with Crippen LogP contribution in [0.2, 0.25) is 0 Å². The summed E-state index contributed by atoms with van der Waals surface area (Å²) in [7, 11) is -3.62. The van der Waals surface area contributed by atoms with E-state index in [0.717, 1.165) is 20.5 Å². The fraction of sp³-hybridized carbons (Fsp3) is 0.0526. The highest BCUT2D eigenvalue weighted by molar-refractivity contribution is 14.1. The molecule has 1 N–H and O–H groups in total. The molecule has 0 aliphatic heterocycles. The Morgan fingerprint density at radius 3 is 2.37 bits per heavy atom. The van der Waals surface area contributed by atoms with E-state index in [4.69, 9.17) is 0 Å². The van der Waals surface area contributed by atoms with E-state index in [1.165, 1.54) is 0 Å². The average molecular weight is 490 g/mol. The molecule has 2 aromatic carbocycles. The van der Waals surface area contributed by atoms with E-state index >= 15 is 0 Å². The lowest BCUT2D eigenvalue weighted by atomic mass is 10.1. The van der Waals surface area contributed by atoms with Crippen LogP contribution in [0.5, 0.6) is 0 Å². The Labute approximate surface area is 170 Å². The van der Waals surface area contributed by atoms with E-state index in [1.54, 1.807) is 36.4 Å². The molecule has 0 spiro atoms. The number of aryl methyl sites for hydroxylation is 1. The van der Waals surface area contributed by atoms with E-state index in [1.807, 2.05) is 41.9 Å². The maximum atomic E-state index is 12.5. The molecule has 2 aromatic heterocycles. The van der Waals surface area contributed by atoms with Crippen molar-refractivity contribution in [2.75, 3.05) is 4.72 Å². The van der Waals surface area contributed by atoms with Crippen molar-refractivity contribution in [2.45, 2.75) is 11.8 Å². The van der Waals surface area contributed by atoms with Crippen LogP contribution in [-0.4, -0.2) is 22.8 Å². The maximum absolute atomic E-state index is 12.5. The lowest BCUT2D eigenvalue weighted by Crippen LogP contribution is -2.12. The highest BCUT2D eigenvalue weighted by Crippen LogP contribution is 2.23. The molecule has 4 rings (SSSR count). The Balaban J connectivity index is 1.58. The quantitative estimate of drug-likeness (QED) is 0.437. The first-order valence-electron chi connectivity index (χ1n) is 8.12. The first kappa shape index (κ1) is 17.9. The van der Waals surface area contributed by atoms with Crippen LogP contribution >= 0.6 is 22.6 Å². The number of nitrogens with one attached hydrogen (secondary N) is 1. The predicted molar refractivity (Wildman–Crippen MR) is 113 cm³/mol. The molecule has 0 unspecified atom stereocenters. The third-order valence-corrected chi connectivity index (χ3v) is 6.14. The van der Waals surface area contributed by atoms with Gasteiger partial charge in [-0.25, -0.2) is 18.4 Å². The molecule has 0 bridgehead atoms. The molecule has 27 heavy (non-hydrogen) atoms. The van der Waals surface area contributed by atoms with Crippen LogP contribution in [0.15, 0.2) is 71.9 Å². The molecule has 0 aliphatic carbocycles. The van der Waals surface area contributed by atoms with E-state index in [0.29, 0.717) is 11.5 Å². The molecule has 0 saturated heterocycles. The third-order valence-electron chi connectivity index (χ3n) is 4.02. The monoisotopic (exact) mass is 490 g/mol. The number of fused-ring (bicyclic) bond motifs is 1. The number of benzene rings is 2. The molecule has 0 fully saturated rings. The standard InChI is InChI=1S/C19H15IN4O2S/c1-13-10-11-24-12-18(22-19(24)21-13)14-2-6-16(7-3-14)23-27(25,26)17-8-4-15(20)5-9-17/h2-12,23H,1H3. The first-order valence-corrected chi connectivity index (χ1v) is 10.7. The Kier molecular flexibility index (Phi) is 4.60. The van der Waals surface area contributed by atoms with Crippen molar-refractivity contribution in [3.8, 4) is 11.3 Å². The summed E-state index contributed by atoms with van der Waals surface area (Å²) in [5.74, 6) is 0.633. The molecule has 8 heteroatoms. The number of hydrogen-bond donors (Lipinski definition) is 1. The molecule has 4 aromatic rings. The van der Waals surface area contributed by atoms with Crippen LogP contribution in [0, 0.1) is 10.5 Å². The van der Waals surface area contributed by atoms with Crippen molar-refractivity contribution < 1.29 is 8.42 Å². The van der Waals surface area contributed by atoms with Crippen molar-refractivity contribution >= 4 is 44.1 Å². The van der Waals surface area contributed by atoms with Gasteiger partial charge in [0.05, 0.1) is 10.6 Å². The topological polar surface area (TPSA) is 76.4 Å². The van der Waals surface area contributed by atoms with Gasteiger partial charge in [-0.15, -0.1) is 0 Å². The number of nitrogens with zero attached hydrogens (tertiary/aromatic N) is 3. The van der Waals surface area contributed by atoms with Crippen LogP contribution < -0.4 is 4.72 Å². The zero-order chi connectivity index (χ0) is 19.0. The smallest absolute Gasteiger partial charge is 0.261 e. The Morgan fingerprint density at radius 1 is 0.963 bits per heavy atom. The Morgan fingerprint density at radius 2 is 1.67 bits per heavy atom. The summed E-state index contributed by atoms with van der Waals surface area (Å²) in [6.07, 6.45) is 3.81. The number of anilines is 1. The number of imidazole rings is 1. The van der Waals surface area contributed by atoms with Crippen molar-refractivity contribution in [1.82, 2.24) is 14.4 Å². The van der Waals surface area contributed by atoms with Gasteiger partial charge in [-0.2, -0.15) is 0 Å². The van der Waals surface area contributed by atoms with E-state index in [9.17, 15) is 8.42 Å². The van der Waals surface area contributed by atoms with Crippen LogP contribution in [-0.2, 0) is 10.0 Å². The van der Waals surface area contributed by atoms with Crippen molar-refractivity contribution in [1.29, 1.82) is 0 Å². The number of aromatic nitrogens is 3. The molecule has 0 saturated carbocycles. The summed E-state index contributed by atoms with van der Waals surface area (Å²) in [5.41, 5.74) is 3.06. The van der Waals surface area contributed by atoms with Crippen LogP contribution in [0.3, 0.4) is 0 Å². The second kappa shape index (κ2) is 6.93. The second-order valence-electron chi connectivity index (χ2n) is 6.04. The molecule has 6 nitrogen and oxygen atoms in total. The van der Waals surface area contributed by atoms with Crippen molar-refractivity contribution in [2.24, 2.45) is 0 Å². The largest absolute Gasteiger partial charge is 0.291 e. The Bertz CT molecular complexity index is 1220. The summed E-state index contributed by atoms with van der Waals surface area (Å²) in [4.78, 5) is 9.13. The van der Waals surface area contributed by atoms with Gasteiger partial charge in [-0.05, 0) is 72.0 Å². The number of rotatable bonds is 4. The van der Waals surface area contributed by atoms with Gasteiger partial charge in [0.1, 0.15) is 0 Å². The fourth-order valence-corrected chi connectivity index (χ4v) is 4.05. The zero-order valence-electron chi connectivity index (χ0n) is 14.3. The molecule has 0 atom stereocenters. The normalized spacial score (nSPS) is 11.6. The lowest BCUT2D eigenvalue weighted by molar-refractivity contribution is 0.601. The maximum Gasteiger partial charge on any atom is 0.261 e. The Hall–Kier alpha value is -2.46. The lowest BCUT2D eigenvalue weighted by Gasteiger charge is -2.08. The minimum absolute atomic E-state index is 0.230. The predicted octanol–water partition coefficient (Wildman–Crippen LogP) is 4.11. The summed E-state index contributed by atoms with van der Waals surface area (Å²) in [6.45, 7) is 1.92. The van der Waals surface area contributed by atoms with E-state index in [2.05, 4.69) is 37.3 Å². The van der Waals surface area contributed by atoms with E-state index < -0.39 is 10.0 Å². The third kappa shape index (κ3) is 3.81. The van der Waals surface area contributed by atoms with Crippen LogP contribution in [0.4, 0.5) is 5.69 Å². The van der Waals surface area contributed by atoms with Gasteiger partial charge in [0.15, 0.2) is 0 Å². The molecule has 2 heterocycles. The van der Waals surface area contributed by atoms with Gasteiger partial charge in [-0.3, -0.25) is 9.12 Å². The van der Waals surface area contributed by atoms with E-state index in [-0.39, 0.29) is 4.90 Å². The minimum atomic E-state index is -3.62. The van der Waals surface area contributed by atoms with Crippen LogP contribution in [0.1, 0.15) is 5.69 Å². The molecule has 0 aliphatic rings.